The molecule has 32 heavy (non-hydrogen) atoms. The molecule has 0 saturated heterocycles. The number of methoxy groups -OCH3 is 1. The van der Waals surface area contributed by atoms with Crippen molar-refractivity contribution in [1.82, 2.24) is 14.9 Å². The van der Waals surface area contributed by atoms with E-state index in [1.165, 1.54) is 0 Å². The molecule has 2 heterocycles. The number of nitrogens with zero attached hydrogens (tertiary/aromatic N) is 3. The number of aromatic nitrogens is 2. The first-order valence-corrected chi connectivity index (χ1v) is 10.7. The molecule has 162 valence electrons. The van der Waals surface area contributed by atoms with Crippen LogP contribution in [-0.4, -0.2) is 27.9 Å². The van der Waals surface area contributed by atoms with Crippen molar-refractivity contribution in [2.45, 2.75) is 26.9 Å². The molecule has 0 saturated carbocycles. The minimum absolute atomic E-state index is 0.150. The van der Waals surface area contributed by atoms with Gasteiger partial charge in [0.2, 0.25) is 0 Å². The van der Waals surface area contributed by atoms with Crippen LogP contribution >= 0.6 is 11.6 Å². The Balaban J connectivity index is 1.75. The molecule has 0 radical (unpaired) electrons. The summed E-state index contributed by atoms with van der Waals surface area (Å²) in [7, 11) is 1.56. The Kier molecular flexibility index (Phi) is 6.37. The van der Waals surface area contributed by atoms with Crippen LogP contribution in [0, 0.1) is 13.8 Å². The van der Waals surface area contributed by atoms with Crippen molar-refractivity contribution in [3.63, 3.8) is 0 Å². The number of rotatable bonds is 6. The first-order chi connectivity index (χ1) is 15.5. The van der Waals surface area contributed by atoms with Gasteiger partial charge in [0.05, 0.1) is 18.2 Å². The average Bonchev–Trinajstić information content (AvgIpc) is 2.80. The zero-order chi connectivity index (χ0) is 22.7. The second-order valence-electron chi connectivity index (χ2n) is 7.81. The van der Waals surface area contributed by atoms with Gasteiger partial charge in [0.25, 0.3) is 5.91 Å². The van der Waals surface area contributed by atoms with Crippen LogP contribution in [0.25, 0.3) is 10.9 Å². The smallest absolute Gasteiger partial charge is 0.258 e. The van der Waals surface area contributed by atoms with Crippen LogP contribution in [0.4, 0.5) is 0 Å². The predicted molar refractivity (Wildman–Crippen MR) is 127 cm³/mol. The van der Waals surface area contributed by atoms with Crippen molar-refractivity contribution in [3.05, 3.63) is 100.0 Å². The molecule has 0 spiro atoms. The number of ether oxygens (including phenoxy) is 1. The maximum atomic E-state index is 13.6. The lowest BCUT2D eigenvalue weighted by Crippen LogP contribution is -2.30. The fourth-order valence-corrected chi connectivity index (χ4v) is 4.09. The number of hydrogen-bond acceptors (Lipinski definition) is 4. The first-order valence-electron chi connectivity index (χ1n) is 10.3. The predicted octanol–water partition coefficient (Wildman–Crippen LogP) is 5.75. The van der Waals surface area contributed by atoms with Gasteiger partial charge in [-0.2, -0.15) is 0 Å². The van der Waals surface area contributed by atoms with E-state index in [1.807, 2.05) is 37.3 Å². The van der Waals surface area contributed by atoms with E-state index < -0.39 is 0 Å². The standard InChI is InChI=1S/C26H24ClN3O2/c1-17-11-18(2)24-20(12-17)13-21(25(27)29-24)16-30(15-19-7-6-10-28-14-19)26(31)22-8-4-5-9-23(22)32-3/h4-14H,15-16H2,1-3H3. The largest absolute Gasteiger partial charge is 0.496 e. The molecule has 0 aliphatic rings. The second kappa shape index (κ2) is 9.37. The lowest BCUT2D eigenvalue weighted by atomic mass is 10.0. The Morgan fingerprint density at radius 3 is 2.62 bits per heavy atom. The van der Waals surface area contributed by atoms with Crippen LogP contribution in [0.1, 0.15) is 32.6 Å². The molecule has 0 atom stereocenters. The van der Waals surface area contributed by atoms with E-state index in [1.54, 1.807) is 36.5 Å². The molecule has 4 aromatic rings. The van der Waals surface area contributed by atoms with Gasteiger partial charge in [-0.1, -0.05) is 41.4 Å². The molecule has 0 aliphatic carbocycles. The van der Waals surface area contributed by atoms with Crippen LogP contribution in [0.3, 0.4) is 0 Å². The third-order valence-corrected chi connectivity index (χ3v) is 5.69. The van der Waals surface area contributed by atoms with Crippen LogP contribution in [0.15, 0.2) is 67.0 Å². The van der Waals surface area contributed by atoms with Crippen LogP contribution < -0.4 is 4.74 Å². The first kappa shape index (κ1) is 21.8. The fourth-order valence-electron chi connectivity index (χ4n) is 3.89. The zero-order valence-corrected chi connectivity index (χ0v) is 19.1. The summed E-state index contributed by atoms with van der Waals surface area (Å²) >= 11 is 6.59. The quantitative estimate of drug-likeness (QED) is 0.354. The number of para-hydroxylation sites is 1. The molecule has 0 fully saturated rings. The summed E-state index contributed by atoms with van der Waals surface area (Å²) in [6, 6.07) is 17.2. The highest BCUT2D eigenvalue weighted by molar-refractivity contribution is 6.30. The molecule has 2 aromatic carbocycles. The molecule has 0 aliphatic heterocycles. The molecule has 5 nitrogen and oxygen atoms in total. The summed E-state index contributed by atoms with van der Waals surface area (Å²) in [6.45, 7) is 4.77. The third kappa shape index (κ3) is 4.58. The Morgan fingerprint density at radius 2 is 1.88 bits per heavy atom. The summed E-state index contributed by atoms with van der Waals surface area (Å²) < 4.78 is 5.43. The molecule has 0 N–H and O–H groups in total. The number of halogens is 1. The Bertz CT molecular complexity index is 1280. The molecule has 0 bridgehead atoms. The topological polar surface area (TPSA) is 55.3 Å². The van der Waals surface area contributed by atoms with Crippen molar-refractivity contribution in [2.24, 2.45) is 0 Å². The summed E-state index contributed by atoms with van der Waals surface area (Å²) in [6.07, 6.45) is 3.47. The van der Waals surface area contributed by atoms with Gasteiger partial charge in [-0.15, -0.1) is 0 Å². The molecule has 6 heteroatoms. The Labute approximate surface area is 192 Å². The Morgan fingerprint density at radius 1 is 1.06 bits per heavy atom. The van der Waals surface area contributed by atoms with E-state index in [-0.39, 0.29) is 5.91 Å². The Hall–Kier alpha value is -3.44. The molecule has 1 amide bonds. The molecule has 2 aromatic heterocycles. The van der Waals surface area contributed by atoms with Gasteiger partial charge in [0.1, 0.15) is 10.9 Å². The van der Waals surface area contributed by atoms with Gasteiger partial charge in [0, 0.05) is 36.4 Å². The van der Waals surface area contributed by atoms with E-state index in [4.69, 9.17) is 16.3 Å². The minimum atomic E-state index is -0.150. The van der Waals surface area contributed by atoms with E-state index in [2.05, 4.69) is 29.0 Å². The van der Waals surface area contributed by atoms with Crippen molar-refractivity contribution in [1.29, 1.82) is 0 Å². The normalized spacial score (nSPS) is 10.9. The highest BCUT2D eigenvalue weighted by Gasteiger charge is 2.22. The van der Waals surface area contributed by atoms with Crippen molar-refractivity contribution in [3.8, 4) is 5.75 Å². The highest BCUT2D eigenvalue weighted by Crippen LogP contribution is 2.27. The van der Waals surface area contributed by atoms with Gasteiger partial charge >= 0.3 is 0 Å². The number of carbonyl (C=O) groups excluding carboxylic acids is 1. The molecule has 4 rings (SSSR count). The number of carbonyl (C=O) groups is 1. The lowest BCUT2D eigenvalue weighted by Gasteiger charge is -2.24. The molecular weight excluding hydrogens is 422 g/mol. The summed E-state index contributed by atoms with van der Waals surface area (Å²) in [4.78, 5) is 24.1. The van der Waals surface area contributed by atoms with Gasteiger partial charge in [0.15, 0.2) is 0 Å². The fraction of sp³-hybridized carbons (Fsp3) is 0.192. The number of hydrogen-bond donors (Lipinski definition) is 0. The number of amides is 1. The summed E-state index contributed by atoms with van der Waals surface area (Å²) in [5.74, 6) is 0.380. The van der Waals surface area contributed by atoms with E-state index in [0.29, 0.717) is 29.6 Å². The lowest BCUT2D eigenvalue weighted by molar-refractivity contribution is 0.0726. The van der Waals surface area contributed by atoms with Gasteiger partial charge in [-0.25, -0.2) is 4.98 Å². The van der Waals surface area contributed by atoms with Crippen molar-refractivity contribution in [2.75, 3.05) is 7.11 Å². The van der Waals surface area contributed by atoms with Gasteiger partial charge < -0.3 is 9.64 Å². The van der Waals surface area contributed by atoms with Crippen molar-refractivity contribution < 1.29 is 9.53 Å². The van der Waals surface area contributed by atoms with Crippen LogP contribution in [-0.2, 0) is 13.1 Å². The van der Waals surface area contributed by atoms with E-state index >= 15 is 0 Å². The SMILES string of the molecule is COc1ccccc1C(=O)N(Cc1cccnc1)Cc1cc2cc(C)cc(C)c2nc1Cl. The average molecular weight is 446 g/mol. The highest BCUT2D eigenvalue weighted by atomic mass is 35.5. The maximum Gasteiger partial charge on any atom is 0.258 e. The molecular formula is C26H24ClN3O2. The van der Waals surface area contributed by atoms with E-state index in [0.717, 1.165) is 33.2 Å². The van der Waals surface area contributed by atoms with Gasteiger partial charge in [-0.3, -0.25) is 9.78 Å². The molecule has 0 unspecified atom stereocenters. The maximum absolute atomic E-state index is 13.6. The number of fused-ring (bicyclic) bond motifs is 1. The summed E-state index contributed by atoms with van der Waals surface area (Å²) in [5.41, 5.74) is 5.31. The minimum Gasteiger partial charge on any atom is -0.496 e. The number of aryl methyl sites for hydroxylation is 2. The van der Waals surface area contributed by atoms with Crippen LogP contribution in [0.2, 0.25) is 5.15 Å². The van der Waals surface area contributed by atoms with Gasteiger partial charge in [-0.05, 0) is 55.3 Å². The second-order valence-corrected chi connectivity index (χ2v) is 8.17. The zero-order valence-electron chi connectivity index (χ0n) is 18.3. The van der Waals surface area contributed by atoms with Crippen molar-refractivity contribution >= 4 is 28.4 Å². The monoisotopic (exact) mass is 445 g/mol. The van der Waals surface area contributed by atoms with E-state index in [9.17, 15) is 4.79 Å². The number of benzene rings is 2. The number of pyridine rings is 2. The van der Waals surface area contributed by atoms with Crippen LogP contribution in [0.5, 0.6) is 5.75 Å². The third-order valence-electron chi connectivity index (χ3n) is 5.36. The summed E-state index contributed by atoms with van der Waals surface area (Å²) in [5, 5.41) is 1.40.